The Balaban J connectivity index is 0.00000243. The van der Waals surface area contributed by atoms with Gasteiger partial charge in [0, 0.05) is 36.5 Å². The predicted molar refractivity (Wildman–Crippen MR) is 96.9 cm³/mol. The number of benzene rings is 1. The quantitative estimate of drug-likeness (QED) is 0.761. The van der Waals surface area contributed by atoms with Crippen LogP contribution in [0.3, 0.4) is 0 Å². The van der Waals surface area contributed by atoms with Crippen molar-refractivity contribution in [3.8, 4) is 0 Å². The second-order valence-corrected chi connectivity index (χ2v) is 6.25. The summed E-state index contributed by atoms with van der Waals surface area (Å²) in [5, 5.41) is 6.01. The van der Waals surface area contributed by atoms with Gasteiger partial charge in [-0.3, -0.25) is 9.59 Å². The highest BCUT2D eigenvalue weighted by Crippen LogP contribution is 2.27. The molecule has 8 heteroatoms. The molecule has 2 aromatic rings. The monoisotopic (exact) mass is 383 g/mol. The third-order valence-corrected chi connectivity index (χ3v) is 4.47. The molecular weight excluding hydrogens is 364 g/mol. The molecule has 140 valence electrons. The van der Waals surface area contributed by atoms with Crippen molar-refractivity contribution in [3.63, 3.8) is 0 Å². The van der Waals surface area contributed by atoms with Gasteiger partial charge in [-0.15, -0.1) is 12.4 Å². The van der Waals surface area contributed by atoms with Gasteiger partial charge >= 0.3 is 0 Å². The maximum Gasteiger partial charge on any atom is 0.257 e. The van der Waals surface area contributed by atoms with Gasteiger partial charge < -0.3 is 15.6 Å². The Kier molecular flexibility index (Phi) is 6.50. The lowest BCUT2D eigenvalue weighted by Gasteiger charge is -2.33. The van der Waals surface area contributed by atoms with Crippen LogP contribution in [0.5, 0.6) is 0 Å². The van der Waals surface area contributed by atoms with Gasteiger partial charge in [0.15, 0.2) is 17.1 Å². The van der Waals surface area contributed by atoms with Crippen LogP contribution in [0.15, 0.2) is 35.3 Å². The fraction of sp³-hybridized carbons (Fsp3) is 0.333. The lowest BCUT2D eigenvalue weighted by atomic mass is 9.86. The van der Waals surface area contributed by atoms with Gasteiger partial charge in [-0.2, -0.15) is 0 Å². The first kappa shape index (κ1) is 20.1. The number of aromatic nitrogens is 1. The van der Waals surface area contributed by atoms with E-state index in [1.54, 1.807) is 6.92 Å². The van der Waals surface area contributed by atoms with Crippen molar-refractivity contribution in [2.24, 2.45) is 0 Å². The molecule has 0 radical (unpaired) electrons. The molecule has 0 saturated carbocycles. The number of halogens is 3. The van der Waals surface area contributed by atoms with E-state index in [9.17, 15) is 18.4 Å². The Morgan fingerprint density at radius 3 is 2.69 bits per heavy atom. The Morgan fingerprint density at radius 1 is 1.23 bits per heavy atom. The van der Waals surface area contributed by atoms with Crippen LogP contribution >= 0.6 is 12.4 Å². The number of amides is 1. The summed E-state index contributed by atoms with van der Waals surface area (Å²) in [7, 11) is 0. The SMILES string of the molecule is Cc1cc(=O)c(C(=O)NC2CNCCC2c2ccc(F)c(F)c2)c[nH]1.Cl. The third-order valence-electron chi connectivity index (χ3n) is 4.47. The zero-order valence-corrected chi connectivity index (χ0v) is 15.0. The number of carbonyl (C=O) groups excluding carboxylic acids is 1. The molecule has 1 saturated heterocycles. The summed E-state index contributed by atoms with van der Waals surface area (Å²) in [6.07, 6.45) is 2.05. The van der Waals surface area contributed by atoms with Gasteiger partial charge in [0.1, 0.15) is 5.56 Å². The molecular formula is C18H20ClF2N3O2. The first-order chi connectivity index (χ1) is 12.0. The number of H-pyrrole nitrogens is 1. The number of rotatable bonds is 3. The molecule has 26 heavy (non-hydrogen) atoms. The highest BCUT2D eigenvalue weighted by Gasteiger charge is 2.29. The molecule has 0 bridgehead atoms. The van der Waals surface area contributed by atoms with Crippen molar-refractivity contribution in [2.45, 2.75) is 25.3 Å². The second-order valence-electron chi connectivity index (χ2n) is 6.25. The summed E-state index contributed by atoms with van der Waals surface area (Å²) < 4.78 is 26.7. The number of aryl methyl sites for hydroxylation is 1. The summed E-state index contributed by atoms with van der Waals surface area (Å²) in [6.45, 7) is 2.92. The largest absolute Gasteiger partial charge is 0.364 e. The second kappa shape index (κ2) is 8.42. The molecule has 2 atom stereocenters. The van der Waals surface area contributed by atoms with E-state index in [0.29, 0.717) is 30.8 Å². The standard InChI is InChI=1S/C18H19F2N3O2.ClH/c1-10-6-17(24)13(8-22-10)18(25)23-16-9-21-5-4-12(16)11-2-3-14(19)15(20)7-11;/h2-3,6-8,12,16,21H,4-5,9H2,1H3,(H,22,24)(H,23,25);1H. The molecule has 0 aliphatic carbocycles. The van der Waals surface area contributed by atoms with E-state index in [2.05, 4.69) is 15.6 Å². The van der Waals surface area contributed by atoms with Crippen LogP contribution in [0, 0.1) is 18.6 Å². The maximum absolute atomic E-state index is 13.6. The topological polar surface area (TPSA) is 74.0 Å². The minimum Gasteiger partial charge on any atom is -0.364 e. The van der Waals surface area contributed by atoms with Crippen molar-refractivity contribution in [2.75, 3.05) is 13.1 Å². The van der Waals surface area contributed by atoms with Crippen molar-refractivity contribution < 1.29 is 13.6 Å². The van der Waals surface area contributed by atoms with E-state index >= 15 is 0 Å². The molecule has 1 aliphatic rings. The molecule has 3 rings (SSSR count). The molecule has 1 fully saturated rings. The molecule has 1 aromatic heterocycles. The van der Waals surface area contributed by atoms with Crippen LogP contribution in [0.25, 0.3) is 0 Å². The summed E-state index contributed by atoms with van der Waals surface area (Å²) in [6, 6.07) is 4.83. The number of hydrogen-bond acceptors (Lipinski definition) is 3. The van der Waals surface area contributed by atoms with Gasteiger partial charge in [-0.1, -0.05) is 6.07 Å². The molecule has 1 amide bonds. The van der Waals surface area contributed by atoms with Crippen LogP contribution in [0.4, 0.5) is 8.78 Å². The summed E-state index contributed by atoms with van der Waals surface area (Å²) in [5.74, 6) is -2.45. The number of nitrogens with one attached hydrogen (secondary N) is 3. The number of piperidine rings is 1. The lowest BCUT2D eigenvalue weighted by Crippen LogP contribution is -2.50. The van der Waals surface area contributed by atoms with Crippen LogP contribution in [-0.4, -0.2) is 30.0 Å². The van der Waals surface area contributed by atoms with Gasteiger partial charge in [-0.25, -0.2) is 8.78 Å². The fourth-order valence-electron chi connectivity index (χ4n) is 3.15. The Labute approximate surface area is 155 Å². The van der Waals surface area contributed by atoms with Gasteiger partial charge in [0.05, 0.1) is 0 Å². The van der Waals surface area contributed by atoms with E-state index in [1.165, 1.54) is 24.4 Å². The van der Waals surface area contributed by atoms with E-state index in [0.717, 1.165) is 6.07 Å². The molecule has 2 unspecified atom stereocenters. The average molecular weight is 384 g/mol. The van der Waals surface area contributed by atoms with Gasteiger partial charge in [0.2, 0.25) is 0 Å². The van der Waals surface area contributed by atoms with Crippen LogP contribution < -0.4 is 16.1 Å². The molecule has 3 N–H and O–H groups in total. The summed E-state index contributed by atoms with van der Waals surface area (Å²) >= 11 is 0. The predicted octanol–water partition coefficient (Wildman–Crippen LogP) is 2.26. The number of hydrogen-bond donors (Lipinski definition) is 3. The van der Waals surface area contributed by atoms with Crippen molar-refractivity contribution >= 4 is 18.3 Å². The Hall–Kier alpha value is -2.25. The van der Waals surface area contributed by atoms with Crippen molar-refractivity contribution in [1.29, 1.82) is 0 Å². The van der Waals surface area contributed by atoms with Gasteiger partial charge in [-0.05, 0) is 37.6 Å². The zero-order valence-electron chi connectivity index (χ0n) is 14.1. The minimum atomic E-state index is -0.906. The van der Waals surface area contributed by atoms with Crippen LogP contribution in [-0.2, 0) is 0 Å². The highest BCUT2D eigenvalue weighted by atomic mass is 35.5. The maximum atomic E-state index is 13.6. The minimum absolute atomic E-state index is 0. The zero-order chi connectivity index (χ0) is 18.0. The normalized spacial score (nSPS) is 19.5. The lowest BCUT2D eigenvalue weighted by molar-refractivity contribution is 0.0923. The number of carbonyl (C=O) groups is 1. The molecule has 1 aromatic carbocycles. The summed E-state index contributed by atoms with van der Waals surface area (Å²) in [5.41, 5.74) is 0.964. The Bertz CT molecular complexity index is 857. The molecule has 1 aliphatic heterocycles. The third kappa shape index (κ3) is 4.28. The van der Waals surface area contributed by atoms with Crippen LogP contribution in [0.2, 0.25) is 0 Å². The Morgan fingerprint density at radius 2 is 2.00 bits per heavy atom. The first-order valence-corrected chi connectivity index (χ1v) is 8.11. The first-order valence-electron chi connectivity index (χ1n) is 8.11. The number of aromatic amines is 1. The van der Waals surface area contributed by atoms with E-state index in [4.69, 9.17) is 0 Å². The average Bonchev–Trinajstić information content (AvgIpc) is 2.58. The molecule has 2 heterocycles. The summed E-state index contributed by atoms with van der Waals surface area (Å²) in [4.78, 5) is 27.3. The van der Waals surface area contributed by atoms with Crippen molar-refractivity contribution in [3.05, 3.63) is 69.1 Å². The van der Waals surface area contributed by atoms with Gasteiger partial charge in [0.25, 0.3) is 5.91 Å². The number of pyridine rings is 1. The van der Waals surface area contributed by atoms with E-state index in [1.807, 2.05) is 0 Å². The fourth-order valence-corrected chi connectivity index (χ4v) is 3.15. The van der Waals surface area contributed by atoms with E-state index < -0.39 is 17.5 Å². The smallest absolute Gasteiger partial charge is 0.257 e. The highest BCUT2D eigenvalue weighted by molar-refractivity contribution is 5.94. The molecule has 5 nitrogen and oxygen atoms in total. The van der Waals surface area contributed by atoms with Crippen LogP contribution in [0.1, 0.15) is 34.0 Å². The molecule has 0 spiro atoms. The van der Waals surface area contributed by atoms with E-state index in [-0.39, 0.29) is 35.4 Å². The van der Waals surface area contributed by atoms with Crippen molar-refractivity contribution in [1.82, 2.24) is 15.6 Å².